The number of hydrogen-bond acceptors (Lipinski definition) is 7. The van der Waals surface area contributed by atoms with E-state index in [1.807, 2.05) is 0 Å². The average Bonchev–Trinajstić information content (AvgIpc) is 3.23. The molecular formula is C17H18FN3O4S2. The van der Waals surface area contributed by atoms with E-state index in [1.54, 1.807) is 17.0 Å². The minimum Gasteiger partial charge on any atom is -0.411 e. The van der Waals surface area contributed by atoms with Crippen LogP contribution in [0.25, 0.3) is 11.5 Å². The molecule has 1 aliphatic carbocycles. The second-order valence-electron chi connectivity index (χ2n) is 6.73. The zero-order chi connectivity index (χ0) is 19.0. The van der Waals surface area contributed by atoms with Crippen LogP contribution in [0.4, 0.5) is 4.39 Å². The molecule has 0 spiro atoms. The van der Waals surface area contributed by atoms with E-state index in [4.69, 9.17) is 4.42 Å². The number of nitrogens with zero attached hydrogens (tertiary/aromatic N) is 3. The molecule has 144 valence electrons. The van der Waals surface area contributed by atoms with Gasteiger partial charge in [-0.2, -0.15) is 0 Å². The van der Waals surface area contributed by atoms with Crippen LogP contribution >= 0.6 is 11.8 Å². The van der Waals surface area contributed by atoms with Crippen molar-refractivity contribution in [3.8, 4) is 11.5 Å². The third kappa shape index (κ3) is 4.16. The SMILES string of the molecule is O=C(CSc1nnc(-c2ccccc2F)o1)N(C1CC1)[C@@H]1CCS(=O)(=O)C1. The first-order valence-electron chi connectivity index (χ1n) is 8.66. The number of aromatic nitrogens is 2. The summed E-state index contributed by atoms with van der Waals surface area (Å²) in [6, 6.07) is 5.97. The summed E-state index contributed by atoms with van der Waals surface area (Å²) in [5, 5.41) is 7.87. The number of carbonyl (C=O) groups is 1. The highest BCUT2D eigenvalue weighted by Gasteiger charge is 2.42. The molecule has 7 nitrogen and oxygen atoms in total. The van der Waals surface area contributed by atoms with Crippen molar-refractivity contribution in [2.75, 3.05) is 17.3 Å². The fraction of sp³-hybridized carbons (Fsp3) is 0.471. The number of carbonyl (C=O) groups excluding carboxylic acids is 1. The minimum absolute atomic E-state index is 0.0396. The molecule has 2 aliphatic rings. The quantitative estimate of drug-likeness (QED) is 0.672. The van der Waals surface area contributed by atoms with Gasteiger partial charge in [-0.3, -0.25) is 4.79 Å². The maximum atomic E-state index is 13.8. The number of thioether (sulfide) groups is 1. The van der Waals surface area contributed by atoms with Gasteiger partial charge in [0.2, 0.25) is 5.91 Å². The largest absolute Gasteiger partial charge is 0.411 e. The molecule has 4 rings (SSSR count). The first-order valence-corrected chi connectivity index (χ1v) is 11.5. The fourth-order valence-corrected chi connectivity index (χ4v) is 5.61. The first-order chi connectivity index (χ1) is 12.9. The summed E-state index contributed by atoms with van der Waals surface area (Å²) in [5.74, 6) is -0.281. The van der Waals surface area contributed by atoms with Crippen molar-refractivity contribution in [1.29, 1.82) is 0 Å². The lowest BCUT2D eigenvalue weighted by Gasteiger charge is -2.28. The predicted molar refractivity (Wildman–Crippen MR) is 97.3 cm³/mol. The summed E-state index contributed by atoms with van der Waals surface area (Å²) >= 11 is 1.08. The number of halogens is 1. The summed E-state index contributed by atoms with van der Waals surface area (Å²) in [6.07, 6.45) is 2.31. The van der Waals surface area contributed by atoms with Crippen LogP contribution in [0, 0.1) is 5.82 Å². The van der Waals surface area contributed by atoms with Gasteiger partial charge >= 0.3 is 0 Å². The lowest BCUT2D eigenvalue weighted by Crippen LogP contribution is -2.43. The normalized spacial score (nSPS) is 21.3. The van der Waals surface area contributed by atoms with E-state index in [0.29, 0.717) is 6.42 Å². The van der Waals surface area contributed by atoms with Crippen molar-refractivity contribution in [3.63, 3.8) is 0 Å². The molecule has 0 unspecified atom stereocenters. The van der Waals surface area contributed by atoms with E-state index < -0.39 is 15.7 Å². The molecule has 1 atom stereocenters. The zero-order valence-corrected chi connectivity index (χ0v) is 16.0. The fourth-order valence-electron chi connectivity index (χ4n) is 3.26. The van der Waals surface area contributed by atoms with Crippen LogP contribution in [0.5, 0.6) is 0 Å². The van der Waals surface area contributed by atoms with Gasteiger partial charge in [-0.25, -0.2) is 12.8 Å². The van der Waals surface area contributed by atoms with Crippen molar-refractivity contribution in [3.05, 3.63) is 30.1 Å². The number of rotatable bonds is 6. The molecule has 1 aromatic heterocycles. The molecule has 2 fully saturated rings. The standard InChI is InChI=1S/C17H18FN3O4S2/c18-14-4-2-1-3-13(14)16-19-20-17(25-16)26-9-15(22)21(11-5-6-11)12-7-8-27(23,24)10-12/h1-4,11-12H,5-10H2/t12-/m1/s1. The Morgan fingerprint density at radius 3 is 2.67 bits per heavy atom. The van der Waals surface area contributed by atoms with E-state index in [2.05, 4.69) is 10.2 Å². The van der Waals surface area contributed by atoms with Crippen molar-refractivity contribution >= 4 is 27.5 Å². The second kappa shape index (κ2) is 7.23. The molecule has 1 aromatic carbocycles. The van der Waals surface area contributed by atoms with Gasteiger partial charge in [0.1, 0.15) is 5.82 Å². The Balaban J connectivity index is 1.41. The van der Waals surface area contributed by atoms with Crippen LogP contribution in [0.2, 0.25) is 0 Å². The van der Waals surface area contributed by atoms with Gasteiger partial charge in [-0.1, -0.05) is 23.9 Å². The van der Waals surface area contributed by atoms with Crippen LogP contribution in [0.3, 0.4) is 0 Å². The molecule has 0 bridgehead atoms. The summed E-state index contributed by atoms with van der Waals surface area (Å²) < 4.78 is 42.7. The van der Waals surface area contributed by atoms with Crippen molar-refractivity contribution in [2.24, 2.45) is 0 Å². The van der Waals surface area contributed by atoms with Crippen LogP contribution in [0.15, 0.2) is 33.9 Å². The number of amides is 1. The maximum Gasteiger partial charge on any atom is 0.277 e. The highest BCUT2D eigenvalue weighted by atomic mass is 32.2. The monoisotopic (exact) mass is 411 g/mol. The molecule has 1 amide bonds. The molecule has 0 radical (unpaired) electrons. The Morgan fingerprint density at radius 2 is 2.00 bits per heavy atom. The zero-order valence-electron chi connectivity index (χ0n) is 14.4. The van der Waals surface area contributed by atoms with Crippen molar-refractivity contribution in [1.82, 2.24) is 15.1 Å². The van der Waals surface area contributed by atoms with E-state index in [0.717, 1.165) is 24.6 Å². The molecule has 1 saturated heterocycles. The van der Waals surface area contributed by atoms with E-state index in [9.17, 15) is 17.6 Å². The van der Waals surface area contributed by atoms with Crippen molar-refractivity contribution < 1.29 is 22.0 Å². The van der Waals surface area contributed by atoms with Crippen LogP contribution in [-0.2, 0) is 14.6 Å². The number of sulfone groups is 1. The van der Waals surface area contributed by atoms with Crippen LogP contribution in [0.1, 0.15) is 19.3 Å². The van der Waals surface area contributed by atoms with Gasteiger partial charge in [0.25, 0.3) is 11.1 Å². The third-order valence-corrected chi connectivity index (χ3v) is 7.21. The number of hydrogen-bond donors (Lipinski definition) is 0. The van der Waals surface area contributed by atoms with Gasteiger partial charge in [0.15, 0.2) is 9.84 Å². The molecule has 27 heavy (non-hydrogen) atoms. The highest BCUT2D eigenvalue weighted by molar-refractivity contribution is 7.99. The molecule has 10 heteroatoms. The van der Waals surface area contributed by atoms with Gasteiger partial charge < -0.3 is 9.32 Å². The van der Waals surface area contributed by atoms with E-state index >= 15 is 0 Å². The molecule has 1 aliphatic heterocycles. The molecule has 2 aromatic rings. The Kier molecular flexibility index (Phi) is 4.94. The maximum absolute atomic E-state index is 13.8. The van der Waals surface area contributed by atoms with E-state index in [-0.39, 0.29) is 51.9 Å². The Labute approximate surface area is 160 Å². The molecule has 2 heterocycles. The molecule has 1 saturated carbocycles. The average molecular weight is 411 g/mol. The Bertz CT molecular complexity index is 959. The van der Waals surface area contributed by atoms with Gasteiger partial charge in [-0.15, -0.1) is 10.2 Å². The van der Waals surface area contributed by atoms with Gasteiger partial charge in [0, 0.05) is 12.1 Å². The van der Waals surface area contributed by atoms with Gasteiger partial charge in [-0.05, 0) is 31.4 Å². The van der Waals surface area contributed by atoms with Crippen LogP contribution in [-0.4, -0.2) is 58.8 Å². The Morgan fingerprint density at radius 1 is 1.22 bits per heavy atom. The summed E-state index contributed by atoms with van der Waals surface area (Å²) in [6.45, 7) is 0. The summed E-state index contributed by atoms with van der Waals surface area (Å²) in [4.78, 5) is 14.4. The molecule has 0 N–H and O–H groups in total. The Hall–Kier alpha value is -1.94. The first kappa shape index (κ1) is 18.4. The van der Waals surface area contributed by atoms with E-state index in [1.165, 1.54) is 12.1 Å². The lowest BCUT2D eigenvalue weighted by molar-refractivity contribution is -0.130. The lowest BCUT2D eigenvalue weighted by atomic mass is 10.2. The second-order valence-corrected chi connectivity index (χ2v) is 9.89. The smallest absolute Gasteiger partial charge is 0.277 e. The number of benzene rings is 1. The third-order valence-electron chi connectivity index (χ3n) is 4.66. The highest BCUT2D eigenvalue weighted by Crippen LogP contribution is 2.33. The molecular weight excluding hydrogens is 393 g/mol. The van der Waals surface area contributed by atoms with Crippen molar-refractivity contribution in [2.45, 2.75) is 36.6 Å². The van der Waals surface area contributed by atoms with Gasteiger partial charge in [0.05, 0.1) is 22.8 Å². The predicted octanol–water partition coefficient (Wildman–Crippen LogP) is 2.15. The summed E-state index contributed by atoms with van der Waals surface area (Å²) in [5.41, 5.74) is 0.207. The van der Waals surface area contributed by atoms with Crippen LogP contribution < -0.4 is 0 Å². The topological polar surface area (TPSA) is 93.4 Å². The summed E-state index contributed by atoms with van der Waals surface area (Å²) in [7, 11) is -3.06. The minimum atomic E-state index is -3.06.